The number of morpholine rings is 1. The maximum Gasteiger partial charge on any atom is 0.408 e. The van der Waals surface area contributed by atoms with E-state index in [1.54, 1.807) is 6.92 Å². The van der Waals surface area contributed by atoms with Crippen LogP contribution in [0.1, 0.15) is 28.8 Å². The molecule has 0 spiro atoms. The van der Waals surface area contributed by atoms with Crippen LogP contribution in [0.15, 0.2) is 23.1 Å². The van der Waals surface area contributed by atoms with Gasteiger partial charge in [-0.15, -0.1) is 0 Å². The second kappa shape index (κ2) is 7.72. The topological polar surface area (TPSA) is 107 Å². The standard InChI is InChI=1S/C21H23F3N6O3/c1-11-4-12(7-26-19(11)25)15(31)9-30-16(21(22,23)24)2-3-28-18(32)6-17(27-20(28)30)29-8-14-5-13(29)10-33-14/h4,6-7,13-14,16H,2-3,5,8-10H2,1H3,(H2,25,26)/t13-,14+,16-/m0/s1. The molecular formula is C21H23F3N6O3. The van der Waals surface area contributed by atoms with E-state index in [2.05, 4.69) is 9.97 Å². The highest BCUT2D eigenvalue weighted by atomic mass is 19.4. The molecule has 176 valence electrons. The molecule has 0 aromatic carbocycles. The molecule has 0 unspecified atom stereocenters. The van der Waals surface area contributed by atoms with E-state index in [1.807, 2.05) is 4.90 Å². The summed E-state index contributed by atoms with van der Waals surface area (Å²) in [6, 6.07) is 0.941. The van der Waals surface area contributed by atoms with E-state index in [9.17, 15) is 22.8 Å². The molecule has 3 aliphatic heterocycles. The van der Waals surface area contributed by atoms with Gasteiger partial charge in [-0.3, -0.25) is 14.2 Å². The molecule has 2 aromatic heterocycles. The molecule has 5 heterocycles. The van der Waals surface area contributed by atoms with E-state index < -0.39 is 30.1 Å². The van der Waals surface area contributed by atoms with Crippen LogP contribution >= 0.6 is 0 Å². The third kappa shape index (κ3) is 3.81. The van der Waals surface area contributed by atoms with Crippen molar-refractivity contribution in [1.82, 2.24) is 14.5 Å². The Morgan fingerprint density at radius 1 is 1.33 bits per heavy atom. The molecule has 0 saturated carbocycles. The SMILES string of the molecule is Cc1cc(C(=O)CN2c3nc(N4C[C@H]5C[C@H]4CO5)cc(=O)n3CC[C@H]2C(F)(F)F)cnc1N. The second-order valence-electron chi connectivity index (χ2n) is 8.72. The van der Waals surface area contributed by atoms with Crippen LogP contribution in [0.2, 0.25) is 0 Å². The van der Waals surface area contributed by atoms with Gasteiger partial charge in [0.25, 0.3) is 5.56 Å². The Bertz CT molecular complexity index is 1170. The van der Waals surface area contributed by atoms with Crippen molar-refractivity contribution < 1.29 is 22.7 Å². The van der Waals surface area contributed by atoms with Gasteiger partial charge in [0, 0.05) is 30.9 Å². The highest BCUT2D eigenvalue weighted by Gasteiger charge is 2.48. The molecule has 2 fully saturated rings. The number of aryl methyl sites for hydroxylation is 1. The van der Waals surface area contributed by atoms with Crippen LogP contribution in [-0.4, -0.2) is 64.4 Å². The number of aromatic nitrogens is 3. The number of nitrogens with zero attached hydrogens (tertiary/aromatic N) is 5. The molecule has 12 heteroatoms. The molecule has 3 aliphatic rings. The number of ether oxygens (including phenoxy) is 1. The van der Waals surface area contributed by atoms with Crippen LogP contribution in [0.25, 0.3) is 0 Å². The Balaban J connectivity index is 1.53. The predicted molar refractivity (Wildman–Crippen MR) is 114 cm³/mol. The zero-order valence-electron chi connectivity index (χ0n) is 17.9. The smallest absolute Gasteiger partial charge is 0.383 e. The highest BCUT2D eigenvalue weighted by molar-refractivity contribution is 5.99. The Morgan fingerprint density at radius 2 is 2.12 bits per heavy atom. The number of alkyl halides is 3. The van der Waals surface area contributed by atoms with E-state index in [1.165, 1.54) is 22.9 Å². The number of carbonyl (C=O) groups is 1. The summed E-state index contributed by atoms with van der Waals surface area (Å²) in [5.41, 5.74) is 5.94. The summed E-state index contributed by atoms with van der Waals surface area (Å²) in [6.45, 7) is 1.95. The number of carbonyl (C=O) groups excluding carboxylic acids is 1. The summed E-state index contributed by atoms with van der Waals surface area (Å²) >= 11 is 0. The van der Waals surface area contributed by atoms with Crippen LogP contribution in [0.5, 0.6) is 0 Å². The number of pyridine rings is 1. The maximum absolute atomic E-state index is 14.0. The minimum Gasteiger partial charge on any atom is -0.383 e. The molecule has 0 radical (unpaired) electrons. The van der Waals surface area contributed by atoms with Crippen molar-refractivity contribution >= 4 is 23.4 Å². The van der Waals surface area contributed by atoms with Gasteiger partial charge in [-0.2, -0.15) is 18.2 Å². The lowest BCUT2D eigenvalue weighted by Gasteiger charge is -2.39. The first kappa shape index (κ1) is 21.7. The average Bonchev–Trinajstić information content (AvgIpc) is 3.39. The Morgan fingerprint density at radius 3 is 2.76 bits per heavy atom. The van der Waals surface area contributed by atoms with Crippen molar-refractivity contribution in [3.8, 4) is 0 Å². The Kier molecular flexibility index (Phi) is 5.07. The van der Waals surface area contributed by atoms with Crippen LogP contribution in [0.3, 0.4) is 0 Å². The Hall–Kier alpha value is -3.15. The quantitative estimate of drug-likeness (QED) is 0.679. The molecule has 2 saturated heterocycles. The average molecular weight is 464 g/mol. The first-order valence-electron chi connectivity index (χ1n) is 10.7. The van der Waals surface area contributed by atoms with E-state index in [0.717, 1.165) is 11.3 Å². The van der Waals surface area contributed by atoms with Crippen molar-refractivity contribution in [3.05, 3.63) is 39.8 Å². The maximum atomic E-state index is 14.0. The fourth-order valence-corrected chi connectivity index (χ4v) is 4.79. The third-order valence-electron chi connectivity index (χ3n) is 6.56. The first-order chi connectivity index (χ1) is 15.6. The van der Waals surface area contributed by atoms with E-state index in [-0.39, 0.29) is 42.4 Å². The molecule has 3 atom stereocenters. The molecule has 9 nitrogen and oxygen atoms in total. The number of halogens is 3. The molecule has 5 rings (SSSR count). The summed E-state index contributed by atoms with van der Waals surface area (Å²) in [4.78, 5) is 37.0. The molecule has 2 bridgehead atoms. The van der Waals surface area contributed by atoms with Gasteiger partial charge in [-0.1, -0.05) is 0 Å². The highest BCUT2D eigenvalue weighted by Crippen LogP contribution is 2.36. The summed E-state index contributed by atoms with van der Waals surface area (Å²) in [5, 5.41) is 0. The van der Waals surface area contributed by atoms with E-state index in [4.69, 9.17) is 10.5 Å². The van der Waals surface area contributed by atoms with E-state index >= 15 is 0 Å². The van der Waals surface area contributed by atoms with Crippen molar-refractivity contribution in [1.29, 1.82) is 0 Å². The lowest BCUT2D eigenvalue weighted by molar-refractivity contribution is -0.152. The van der Waals surface area contributed by atoms with Gasteiger partial charge in [-0.25, -0.2) is 4.98 Å². The van der Waals surface area contributed by atoms with E-state index in [0.29, 0.717) is 24.5 Å². The Labute approximate surface area is 187 Å². The van der Waals surface area contributed by atoms with Crippen LogP contribution in [0, 0.1) is 6.92 Å². The molecule has 2 aromatic rings. The summed E-state index contributed by atoms with van der Waals surface area (Å²) in [5.74, 6) is -0.165. The van der Waals surface area contributed by atoms with Crippen molar-refractivity contribution in [2.45, 2.75) is 50.7 Å². The summed E-state index contributed by atoms with van der Waals surface area (Å²) < 4.78 is 48.6. The number of anilines is 3. The molecular weight excluding hydrogens is 441 g/mol. The van der Waals surface area contributed by atoms with Crippen molar-refractivity contribution in [3.63, 3.8) is 0 Å². The zero-order chi connectivity index (χ0) is 23.5. The number of hydrogen-bond donors (Lipinski definition) is 1. The number of fused-ring (bicyclic) bond motifs is 3. The van der Waals surface area contributed by atoms with Gasteiger partial charge in [0.15, 0.2) is 5.78 Å². The largest absolute Gasteiger partial charge is 0.408 e. The number of Topliss-reactive ketones (excluding diaryl/α,β-unsaturated/α-hetero) is 1. The van der Waals surface area contributed by atoms with Gasteiger partial charge in [-0.05, 0) is 31.4 Å². The fraction of sp³-hybridized carbons (Fsp3) is 0.524. The zero-order valence-corrected chi connectivity index (χ0v) is 17.9. The molecule has 33 heavy (non-hydrogen) atoms. The second-order valence-corrected chi connectivity index (χ2v) is 8.72. The van der Waals surface area contributed by atoms with Gasteiger partial charge in [0.2, 0.25) is 5.95 Å². The molecule has 0 aliphatic carbocycles. The monoisotopic (exact) mass is 464 g/mol. The summed E-state index contributed by atoms with van der Waals surface area (Å²) in [7, 11) is 0. The van der Waals surface area contributed by atoms with Gasteiger partial charge in [0.1, 0.15) is 17.7 Å². The molecule has 2 N–H and O–H groups in total. The number of nitrogen functional groups attached to an aromatic ring is 1. The van der Waals surface area contributed by atoms with Crippen LogP contribution in [-0.2, 0) is 11.3 Å². The number of nitrogens with two attached hydrogens (primary N) is 1. The van der Waals surface area contributed by atoms with Gasteiger partial charge < -0.3 is 20.3 Å². The van der Waals surface area contributed by atoms with Crippen molar-refractivity contribution in [2.24, 2.45) is 0 Å². The van der Waals surface area contributed by atoms with Gasteiger partial charge >= 0.3 is 6.18 Å². The molecule has 0 amide bonds. The predicted octanol–water partition coefficient (Wildman–Crippen LogP) is 1.53. The first-order valence-corrected chi connectivity index (χ1v) is 10.7. The third-order valence-corrected chi connectivity index (χ3v) is 6.56. The van der Waals surface area contributed by atoms with Crippen LogP contribution < -0.4 is 21.1 Å². The normalized spacial score (nSPS) is 24.3. The van der Waals surface area contributed by atoms with Crippen LogP contribution in [0.4, 0.5) is 30.8 Å². The fourth-order valence-electron chi connectivity index (χ4n) is 4.79. The van der Waals surface area contributed by atoms with Gasteiger partial charge in [0.05, 0.1) is 25.3 Å². The number of rotatable bonds is 4. The summed E-state index contributed by atoms with van der Waals surface area (Å²) in [6.07, 6.45) is -2.90. The number of hydrogen-bond acceptors (Lipinski definition) is 8. The number of ketones is 1. The minimum atomic E-state index is -4.60. The lowest BCUT2D eigenvalue weighted by atomic mass is 10.1. The lowest BCUT2D eigenvalue weighted by Crippen LogP contribution is -2.54. The minimum absolute atomic E-state index is 0.0254. The van der Waals surface area contributed by atoms with Crippen molar-refractivity contribution in [2.75, 3.05) is 35.2 Å².